The van der Waals surface area contributed by atoms with E-state index in [0.717, 1.165) is 21.2 Å². The number of carboxylic acid groups (broad SMARTS) is 1. The molecule has 0 atom stereocenters. The maximum Gasteiger partial charge on any atom is 0.335 e. The van der Waals surface area contributed by atoms with Crippen molar-refractivity contribution in [2.75, 3.05) is 0 Å². The minimum Gasteiger partial charge on any atom is -0.478 e. The monoisotopic (exact) mass is 291 g/mol. The van der Waals surface area contributed by atoms with E-state index < -0.39 is 5.97 Å². The highest BCUT2D eigenvalue weighted by atomic mass is 35.5. The van der Waals surface area contributed by atoms with Crippen LogP contribution in [0.4, 0.5) is 0 Å². The van der Waals surface area contributed by atoms with Crippen molar-refractivity contribution in [3.63, 3.8) is 0 Å². The Bertz CT molecular complexity index is 725. The fourth-order valence-electron chi connectivity index (χ4n) is 1.91. The first kappa shape index (κ1) is 13.5. The van der Waals surface area contributed by atoms with Gasteiger partial charge in [0.1, 0.15) is 0 Å². The van der Waals surface area contributed by atoms with Gasteiger partial charge in [-0.05, 0) is 29.6 Å². The van der Waals surface area contributed by atoms with Gasteiger partial charge in [-0.25, -0.2) is 4.79 Å². The largest absolute Gasteiger partial charge is 0.478 e. The Labute approximate surface area is 120 Å². The van der Waals surface area contributed by atoms with Crippen LogP contribution in [0.25, 0.3) is 21.2 Å². The van der Waals surface area contributed by atoms with Gasteiger partial charge in [0.2, 0.25) is 0 Å². The third-order valence-electron chi connectivity index (χ3n) is 2.79. The molecule has 0 saturated carbocycles. The van der Waals surface area contributed by atoms with Crippen LogP contribution < -0.4 is 0 Å². The predicted octanol–water partition coefficient (Wildman–Crippen LogP) is 4.08. The number of fused-ring (bicyclic) bond motifs is 1. The molecule has 0 fully saturated rings. The van der Waals surface area contributed by atoms with Crippen molar-refractivity contribution in [2.45, 2.75) is 0 Å². The quantitative estimate of drug-likeness (QED) is 0.774. The van der Waals surface area contributed by atoms with Gasteiger partial charge in [0.25, 0.3) is 0 Å². The molecule has 0 aliphatic heterocycles. The first-order chi connectivity index (χ1) is 8.75. The number of hydrogen-bond acceptors (Lipinski definition) is 3. The molecule has 3 nitrogen and oxygen atoms in total. The smallest absolute Gasteiger partial charge is 0.335 e. The van der Waals surface area contributed by atoms with Crippen LogP contribution in [0.5, 0.6) is 0 Å². The molecule has 1 N–H and O–H groups in total. The summed E-state index contributed by atoms with van der Waals surface area (Å²) in [4.78, 5) is 15.1. The summed E-state index contributed by atoms with van der Waals surface area (Å²) in [6.45, 7) is 0. The van der Waals surface area contributed by atoms with Crippen LogP contribution in [0, 0.1) is 0 Å². The average Bonchev–Trinajstić information content (AvgIpc) is 2.82. The minimum absolute atomic E-state index is 0. The summed E-state index contributed by atoms with van der Waals surface area (Å²) in [5.74, 6) is -0.903. The van der Waals surface area contributed by atoms with E-state index in [9.17, 15) is 4.79 Å². The van der Waals surface area contributed by atoms with Crippen LogP contribution in [0.3, 0.4) is 0 Å². The van der Waals surface area contributed by atoms with Gasteiger partial charge < -0.3 is 5.11 Å². The Hall–Kier alpha value is -1.91. The molecule has 5 heteroatoms. The summed E-state index contributed by atoms with van der Waals surface area (Å²) in [7, 11) is 0. The summed E-state index contributed by atoms with van der Waals surface area (Å²) < 4.78 is 1.08. The van der Waals surface area contributed by atoms with Crippen molar-refractivity contribution in [2.24, 2.45) is 0 Å². The first-order valence-corrected chi connectivity index (χ1v) is 6.28. The van der Waals surface area contributed by atoms with E-state index in [2.05, 4.69) is 4.98 Å². The lowest BCUT2D eigenvalue weighted by atomic mass is 10.0. The molecule has 0 bridgehead atoms. The van der Waals surface area contributed by atoms with Gasteiger partial charge in [-0.1, -0.05) is 6.07 Å². The molecular weight excluding hydrogens is 282 g/mol. The number of carbonyl (C=O) groups is 1. The maximum absolute atomic E-state index is 11.0. The highest BCUT2D eigenvalue weighted by Crippen LogP contribution is 2.34. The zero-order chi connectivity index (χ0) is 12.5. The Morgan fingerprint density at radius 2 is 2.11 bits per heavy atom. The lowest BCUT2D eigenvalue weighted by molar-refractivity contribution is 0.0697. The molecular formula is C14H10ClNO2S. The van der Waals surface area contributed by atoms with Gasteiger partial charge in [-0.2, -0.15) is 0 Å². The predicted molar refractivity (Wildman–Crippen MR) is 79.3 cm³/mol. The molecule has 0 amide bonds. The summed E-state index contributed by atoms with van der Waals surface area (Å²) in [6, 6.07) is 9.05. The normalized spacial score (nSPS) is 10.1. The number of thiophene rings is 1. The van der Waals surface area contributed by atoms with Crippen LogP contribution in [-0.2, 0) is 0 Å². The van der Waals surface area contributed by atoms with Crippen LogP contribution in [0.1, 0.15) is 10.4 Å². The van der Waals surface area contributed by atoms with Crippen molar-refractivity contribution in [3.8, 4) is 11.1 Å². The van der Waals surface area contributed by atoms with E-state index in [4.69, 9.17) is 5.11 Å². The van der Waals surface area contributed by atoms with Crippen molar-refractivity contribution in [1.29, 1.82) is 0 Å². The van der Waals surface area contributed by atoms with Crippen LogP contribution in [0.15, 0.2) is 48.1 Å². The number of carboxylic acids is 1. The van der Waals surface area contributed by atoms with Crippen molar-refractivity contribution < 1.29 is 9.90 Å². The van der Waals surface area contributed by atoms with Gasteiger partial charge >= 0.3 is 5.97 Å². The first-order valence-electron chi connectivity index (χ1n) is 5.40. The van der Waals surface area contributed by atoms with E-state index in [1.54, 1.807) is 35.9 Å². The fraction of sp³-hybridized carbons (Fsp3) is 0. The Balaban J connectivity index is 0.00000133. The number of pyridine rings is 1. The van der Waals surface area contributed by atoms with E-state index in [-0.39, 0.29) is 12.4 Å². The second-order valence-electron chi connectivity index (χ2n) is 3.91. The molecule has 2 heterocycles. The third kappa shape index (κ3) is 2.45. The Morgan fingerprint density at radius 3 is 2.79 bits per heavy atom. The molecule has 3 aromatic rings. The van der Waals surface area contributed by atoms with Crippen LogP contribution >= 0.6 is 23.7 Å². The second kappa shape index (κ2) is 5.38. The standard InChI is InChI=1S/C14H9NO2S.ClH/c16-14(17)9-3-4-13-11(6-9)12(8-18-13)10-2-1-5-15-7-10;/h1-8H,(H,16,17);1H. The SMILES string of the molecule is Cl.O=C(O)c1ccc2scc(-c3cccnc3)c2c1. The van der Waals surface area contributed by atoms with Crippen molar-refractivity contribution in [3.05, 3.63) is 53.7 Å². The van der Waals surface area contributed by atoms with Crippen molar-refractivity contribution in [1.82, 2.24) is 4.98 Å². The number of aromatic nitrogens is 1. The fourth-order valence-corrected chi connectivity index (χ4v) is 2.86. The number of benzene rings is 1. The molecule has 3 rings (SSSR count). The zero-order valence-corrected chi connectivity index (χ0v) is 11.4. The lowest BCUT2D eigenvalue weighted by Gasteiger charge is -2.00. The molecule has 0 unspecified atom stereocenters. The summed E-state index contributed by atoms with van der Waals surface area (Å²) in [6.07, 6.45) is 3.51. The average molecular weight is 292 g/mol. The van der Waals surface area contributed by atoms with E-state index >= 15 is 0 Å². The van der Waals surface area contributed by atoms with E-state index in [1.807, 2.05) is 23.6 Å². The molecule has 2 aromatic heterocycles. The number of halogens is 1. The van der Waals surface area contributed by atoms with Gasteiger partial charge in [-0.15, -0.1) is 23.7 Å². The van der Waals surface area contributed by atoms with Crippen molar-refractivity contribution >= 4 is 39.8 Å². The summed E-state index contributed by atoms with van der Waals surface area (Å²) in [5, 5.41) is 12.0. The molecule has 19 heavy (non-hydrogen) atoms. The third-order valence-corrected chi connectivity index (χ3v) is 3.76. The van der Waals surface area contributed by atoms with E-state index in [1.165, 1.54) is 0 Å². The Kier molecular flexibility index (Phi) is 3.83. The van der Waals surface area contributed by atoms with Gasteiger partial charge in [-0.3, -0.25) is 4.98 Å². The topological polar surface area (TPSA) is 50.2 Å². The number of hydrogen-bond donors (Lipinski definition) is 1. The lowest BCUT2D eigenvalue weighted by Crippen LogP contribution is -1.94. The molecule has 0 saturated heterocycles. The van der Waals surface area contributed by atoms with Crippen LogP contribution in [0.2, 0.25) is 0 Å². The summed E-state index contributed by atoms with van der Waals surface area (Å²) >= 11 is 1.61. The zero-order valence-electron chi connectivity index (χ0n) is 9.74. The molecule has 1 aromatic carbocycles. The maximum atomic E-state index is 11.0. The molecule has 0 spiro atoms. The number of rotatable bonds is 2. The van der Waals surface area contributed by atoms with E-state index in [0.29, 0.717) is 5.56 Å². The van der Waals surface area contributed by atoms with Gasteiger partial charge in [0, 0.05) is 33.6 Å². The second-order valence-corrected chi connectivity index (χ2v) is 4.82. The summed E-state index contributed by atoms with van der Waals surface area (Å²) in [5.41, 5.74) is 2.35. The highest BCUT2D eigenvalue weighted by Gasteiger charge is 2.09. The molecule has 96 valence electrons. The number of nitrogens with zero attached hydrogens (tertiary/aromatic N) is 1. The van der Waals surface area contributed by atoms with Gasteiger partial charge in [0.05, 0.1) is 5.56 Å². The minimum atomic E-state index is -0.903. The molecule has 0 aliphatic rings. The Morgan fingerprint density at radius 1 is 1.26 bits per heavy atom. The van der Waals surface area contributed by atoms with Gasteiger partial charge in [0.15, 0.2) is 0 Å². The highest BCUT2D eigenvalue weighted by molar-refractivity contribution is 7.17. The molecule has 0 radical (unpaired) electrons. The molecule has 0 aliphatic carbocycles. The number of aromatic carboxylic acids is 1. The van der Waals surface area contributed by atoms with Crippen LogP contribution in [-0.4, -0.2) is 16.1 Å².